The molecule has 0 aliphatic carbocycles. The molecule has 0 aromatic carbocycles. The van der Waals surface area contributed by atoms with Gasteiger partial charge in [-0.15, -0.1) is 0 Å². The lowest BCUT2D eigenvalue weighted by molar-refractivity contribution is -0.135. The number of carbonyl (C=O) groups excluding carboxylic acids is 1. The molecule has 1 aliphatic rings. The van der Waals surface area contributed by atoms with Gasteiger partial charge in [0.15, 0.2) is 0 Å². The lowest BCUT2D eigenvalue weighted by atomic mass is 9.99. The third-order valence-corrected chi connectivity index (χ3v) is 3.53. The molecule has 1 amide bonds. The highest BCUT2D eigenvalue weighted by atomic mass is 16.2. The van der Waals surface area contributed by atoms with E-state index in [2.05, 4.69) is 10.4 Å². The van der Waals surface area contributed by atoms with Crippen molar-refractivity contribution in [3.63, 3.8) is 0 Å². The molecule has 1 aliphatic heterocycles. The van der Waals surface area contributed by atoms with E-state index in [4.69, 9.17) is 0 Å². The predicted molar refractivity (Wildman–Crippen MR) is 70.1 cm³/mol. The number of hydrogen-bond donors (Lipinski definition) is 1. The molecule has 1 atom stereocenters. The minimum Gasteiger partial charge on any atom is -0.338 e. The first-order valence-electron chi connectivity index (χ1n) is 6.73. The average Bonchev–Trinajstić information content (AvgIpc) is 2.89. The number of piperidine rings is 1. The highest BCUT2D eigenvalue weighted by Gasteiger charge is 2.26. The van der Waals surface area contributed by atoms with Crippen LogP contribution in [0.1, 0.15) is 25.7 Å². The zero-order valence-electron chi connectivity index (χ0n) is 11.0. The third kappa shape index (κ3) is 3.32. The number of nitrogens with one attached hydrogen (secondary N) is 1. The number of nitrogens with zero attached hydrogens (tertiary/aromatic N) is 3. The summed E-state index contributed by atoms with van der Waals surface area (Å²) in [7, 11) is 1.96. The Hall–Kier alpha value is -1.36. The summed E-state index contributed by atoms with van der Waals surface area (Å²) in [6.45, 7) is 2.23. The SMILES string of the molecule is CNCCC1CCCCN1C(=O)Cn1cccn1. The molecule has 0 spiro atoms. The first kappa shape index (κ1) is 13.1. The van der Waals surface area contributed by atoms with Crippen LogP contribution in [0, 0.1) is 0 Å². The van der Waals surface area contributed by atoms with Gasteiger partial charge in [0, 0.05) is 25.0 Å². The molecule has 0 saturated carbocycles. The minimum absolute atomic E-state index is 0.194. The predicted octanol–water partition coefficient (Wildman–Crippen LogP) is 0.874. The molecule has 1 unspecified atom stereocenters. The summed E-state index contributed by atoms with van der Waals surface area (Å²) in [5.41, 5.74) is 0. The van der Waals surface area contributed by atoms with Gasteiger partial charge in [-0.3, -0.25) is 9.48 Å². The Bertz CT molecular complexity index is 363. The molecule has 0 radical (unpaired) electrons. The standard InChI is InChI=1S/C13H22N4O/c1-14-8-6-12-5-2-3-10-17(12)13(18)11-16-9-4-7-15-16/h4,7,9,12,14H,2-3,5-6,8,10-11H2,1H3. The molecule has 100 valence electrons. The number of aromatic nitrogens is 2. The van der Waals surface area contributed by atoms with E-state index in [0.717, 1.165) is 32.4 Å². The summed E-state index contributed by atoms with van der Waals surface area (Å²) >= 11 is 0. The molecule has 5 nitrogen and oxygen atoms in total. The molecule has 1 fully saturated rings. The van der Waals surface area contributed by atoms with E-state index in [-0.39, 0.29) is 5.91 Å². The van der Waals surface area contributed by atoms with Crippen molar-refractivity contribution < 1.29 is 4.79 Å². The Morgan fingerprint density at radius 2 is 2.39 bits per heavy atom. The van der Waals surface area contributed by atoms with Gasteiger partial charge in [-0.1, -0.05) is 0 Å². The maximum absolute atomic E-state index is 12.3. The van der Waals surface area contributed by atoms with Crippen molar-refractivity contribution in [2.24, 2.45) is 0 Å². The summed E-state index contributed by atoms with van der Waals surface area (Å²) < 4.78 is 1.70. The Morgan fingerprint density at radius 3 is 3.11 bits per heavy atom. The highest BCUT2D eigenvalue weighted by molar-refractivity contribution is 5.76. The van der Waals surface area contributed by atoms with Gasteiger partial charge in [0.2, 0.25) is 5.91 Å². The van der Waals surface area contributed by atoms with E-state index in [0.29, 0.717) is 12.6 Å². The molecule has 0 bridgehead atoms. The van der Waals surface area contributed by atoms with Crippen molar-refractivity contribution in [2.45, 2.75) is 38.3 Å². The fourth-order valence-electron chi connectivity index (χ4n) is 2.56. The van der Waals surface area contributed by atoms with Crippen LogP contribution >= 0.6 is 0 Å². The zero-order valence-corrected chi connectivity index (χ0v) is 11.0. The van der Waals surface area contributed by atoms with E-state index < -0.39 is 0 Å². The van der Waals surface area contributed by atoms with Crippen LogP contribution in [0.25, 0.3) is 0 Å². The van der Waals surface area contributed by atoms with Gasteiger partial charge in [-0.05, 0) is 45.3 Å². The lowest BCUT2D eigenvalue weighted by Crippen LogP contribution is -2.46. The zero-order chi connectivity index (χ0) is 12.8. The molecule has 1 saturated heterocycles. The van der Waals surface area contributed by atoms with Gasteiger partial charge in [0.05, 0.1) is 0 Å². The molecular weight excluding hydrogens is 228 g/mol. The van der Waals surface area contributed by atoms with Crippen molar-refractivity contribution in [1.29, 1.82) is 0 Å². The van der Waals surface area contributed by atoms with Crippen LogP contribution in [-0.2, 0) is 11.3 Å². The molecule has 1 aromatic heterocycles. The Kier molecular flexibility index (Phi) is 4.75. The number of likely N-dealkylation sites (tertiary alicyclic amines) is 1. The van der Waals surface area contributed by atoms with Gasteiger partial charge in [-0.25, -0.2) is 0 Å². The summed E-state index contributed by atoms with van der Waals surface area (Å²) in [5.74, 6) is 0.194. The summed E-state index contributed by atoms with van der Waals surface area (Å²) in [6.07, 6.45) is 8.08. The van der Waals surface area contributed by atoms with E-state index in [1.165, 1.54) is 6.42 Å². The molecule has 18 heavy (non-hydrogen) atoms. The molecule has 2 rings (SSSR count). The van der Waals surface area contributed by atoms with E-state index in [1.807, 2.05) is 24.2 Å². The number of amides is 1. The Morgan fingerprint density at radius 1 is 1.50 bits per heavy atom. The van der Waals surface area contributed by atoms with E-state index in [1.54, 1.807) is 10.9 Å². The van der Waals surface area contributed by atoms with Crippen LogP contribution in [0.15, 0.2) is 18.5 Å². The fourth-order valence-corrected chi connectivity index (χ4v) is 2.56. The first-order valence-corrected chi connectivity index (χ1v) is 6.73. The van der Waals surface area contributed by atoms with Gasteiger partial charge in [-0.2, -0.15) is 5.10 Å². The number of hydrogen-bond acceptors (Lipinski definition) is 3. The molecule has 2 heterocycles. The smallest absolute Gasteiger partial charge is 0.244 e. The van der Waals surface area contributed by atoms with Gasteiger partial charge in [0.1, 0.15) is 6.54 Å². The van der Waals surface area contributed by atoms with Crippen LogP contribution < -0.4 is 5.32 Å². The first-order chi connectivity index (χ1) is 8.81. The summed E-state index contributed by atoms with van der Waals surface area (Å²) in [5, 5.41) is 7.26. The maximum Gasteiger partial charge on any atom is 0.244 e. The maximum atomic E-state index is 12.3. The van der Waals surface area contributed by atoms with Crippen LogP contribution in [0.3, 0.4) is 0 Å². The van der Waals surface area contributed by atoms with Gasteiger partial charge in [0.25, 0.3) is 0 Å². The summed E-state index contributed by atoms with van der Waals surface area (Å²) in [6, 6.07) is 2.25. The quantitative estimate of drug-likeness (QED) is 0.844. The summed E-state index contributed by atoms with van der Waals surface area (Å²) in [4.78, 5) is 14.3. The van der Waals surface area contributed by atoms with Crippen molar-refractivity contribution >= 4 is 5.91 Å². The largest absolute Gasteiger partial charge is 0.338 e. The van der Waals surface area contributed by atoms with E-state index >= 15 is 0 Å². The Balaban J connectivity index is 1.92. The lowest BCUT2D eigenvalue weighted by Gasteiger charge is -2.36. The Labute approximate surface area is 108 Å². The van der Waals surface area contributed by atoms with Gasteiger partial charge < -0.3 is 10.2 Å². The van der Waals surface area contributed by atoms with Crippen molar-refractivity contribution in [3.8, 4) is 0 Å². The van der Waals surface area contributed by atoms with Crippen LogP contribution in [0.2, 0.25) is 0 Å². The second-order valence-corrected chi connectivity index (χ2v) is 4.83. The van der Waals surface area contributed by atoms with Crippen LogP contribution in [-0.4, -0.2) is 46.8 Å². The van der Waals surface area contributed by atoms with Crippen molar-refractivity contribution in [3.05, 3.63) is 18.5 Å². The van der Waals surface area contributed by atoms with Crippen LogP contribution in [0.4, 0.5) is 0 Å². The van der Waals surface area contributed by atoms with Gasteiger partial charge >= 0.3 is 0 Å². The molecule has 1 aromatic rings. The molecule has 1 N–H and O–H groups in total. The third-order valence-electron chi connectivity index (χ3n) is 3.53. The molecular formula is C13H22N4O. The van der Waals surface area contributed by atoms with E-state index in [9.17, 15) is 4.79 Å². The topological polar surface area (TPSA) is 50.2 Å². The number of rotatable bonds is 5. The minimum atomic E-state index is 0.194. The van der Waals surface area contributed by atoms with Crippen LogP contribution in [0.5, 0.6) is 0 Å². The fraction of sp³-hybridized carbons (Fsp3) is 0.692. The number of carbonyl (C=O) groups is 1. The normalized spacial score (nSPS) is 20.1. The monoisotopic (exact) mass is 250 g/mol. The highest BCUT2D eigenvalue weighted by Crippen LogP contribution is 2.19. The second kappa shape index (κ2) is 6.54. The van der Waals surface area contributed by atoms with Crippen molar-refractivity contribution in [1.82, 2.24) is 20.0 Å². The molecule has 5 heteroatoms. The second-order valence-electron chi connectivity index (χ2n) is 4.83. The average molecular weight is 250 g/mol. The van der Waals surface area contributed by atoms with Crippen molar-refractivity contribution in [2.75, 3.05) is 20.1 Å².